The second kappa shape index (κ2) is 3.76. The highest BCUT2D eigenvalue weighted by Gasteiger charge is 2.25. The lowest BCUT2D eigenvalue weighted by atomic mass is 9.80. The van der Waals surface area contributed by atoms with E-state index in [0.29, 0.717) is 6.04 Å². The molecule has 78 valence electrons. The standard InChI is InChI=1S/C12H20N2/c1-9-6-10(2)8-12(7-9)14-5-4-11(3)13-14/h4-5,9-10,12H,6-8H2,1-3H3. The maximum atomic E-state index is 4.52. The van der Waals surface area contributed by atoms with Gasteiger partial charge in [0.15, 0.2) is 0 Å². The molecule has 2 heteroatoms. The predicted octanol–water partition coefficient (Wildman–Crippen LogP) is 3.19. The van der Waals surface area contributed by atoms with Gasteiger partial charge in [-0.3, -0.25) is 4.68 Å². The van der Waals surface area contributed by atoms with Crippen molar-refractivity contribution in [2.45, 2.75) is 46.1 Å². The Balaban J connectivity index is 2.10. The van der Waals surface area contributed by atoms with E-state index in [1.807, 2.05) is 0 Å². The largest absolute Gasteiger partial charge is 0.269 e. The van der Waals surface area contributed by atoms with E-state index in [-0.39, 0.29) is 0 Å². The van der Waals surface area contributed by atoms with Gasteiger partial charge in [0, 0.05) is 6.20 Å². The summed E-state index contributed by atoms with van der Waals surface area (Å²) < 4.78 is 2.17. The fourth-order valence-electron chi connectivity index (χ4n) is 2.76. The summed E-state index contributed by atoms with van der Waals surface area (Å²) in [5, 5.41) is 4.52. The summed E-state index contributed by atoms with van der Waals surface area (Å²) in [7, 11) is 0. The first-order chi connectivity index (χ1) is 6.65. The van der Waals surface area contributed by atoms with Crippen molar-refractivity contribution in [2.24, 2.45) is 11.8 Å². The van der Waals surface area contributed by atoms with Crippen LogP contribution in [0.2, 0.25) is 0 Å². The van der Waals surface area contributed by atoms with Crippen LogP contribution in [0.4, 0.5) is 0 Å². The minimum atomic E-state index is 0.641. The molecule has 0 aliphatic heterocycles. The summed E-state index contributed by atoms with van der Waals surface area (Å²) in [5.41, 5.74) is 1.14. The molecule has 0 N–H and O–H groups in total. The maximum Gasteiger partial charge on any atom is 0.0593 e. The van der Waals surface area contributed by atoms with E-state index in [1.54, 1.807) is 0 Å². The number of aryl methyl sites for hydroxylation is 1. The van der Waals surface area contributed by atoms with Gasteiger partial charge in [-0.05, 0) is 44.1 Å². The molecule has 0 radical (unpaired) electrons. The molecule has 1 fully saturated rings. The third-order valence-electron chi connectivity index (χ3n) is 3.27. The van der Waals surface area contributed by atoms with Gasteiger partial charge in [0.05, 0.1) is 11.7 Å². The van der Waals surface area contributed by atoms with Crippen molar-refractivity contribution < 1.29 is 0 Å². The van der Waals surface area contributed by atoms with E-state index in [1.165, 1.54) is 19.3 Å². The smallest absolute Gasteiger partial charge is 0.0593 e. The van der Waals surface area contributed by atoms with E-state index in [9.17, 15) is 0 Å². The van der Waals surface area contributed by atoms with Crippen molar-refractivity contribution >= 4 is 0 Å². The quantitative estimate of drug-likeness (QED) is 0.668. The Morgan fingerprint density at radius 2 is 1.86 bits per heavy atom. The molecule has 2 rings (SSSR count). The molecule has 0 spiro atoms. The number of hydrogen-bond donors (Lipinski definition) is 0. The lowest BCUT2D eigenvalue weighted by Crippen LogP contribution is -2.22. The van der Waals surface area contributed by atoms with Crippen LogP contribution in [0.1, 0.15) is 44.8 Å². The molecule has 1 saturated carbocycles. The summed E-state index contributed by atoms with van der Waals surface area (Å²) in [5.74, 6) is 1.71. The summed E-state index contributed by atoms with van der Waals surface area (Å²) in [6, 6.07) is 2.74. The molecule has 0 amide bonds. The van der Waals surface area contributed by atoms with Crippen molar-refractivity contribution in [2.75, 3.05) is 0 Å². The van der Waals surface area contributed by atoms with E-state index in [2.05, 4.69) is 42.8 Å². The summed E-state index contributed by atoms with van der Waals surface area (Å²) >= 11 is 0. The zero-order chi connectivity index (χ0) is 10.1. The van der Waals surface area contributed by atoms with Crippen molar-refractivity contribution in [1.29, 1.82) is 0 Å². The zero-order valence-corrected chi connectivity index (χ0v) is 9.40. The highest BCUT2D eigenvalue weighted by atomic mass is 15.3. The van der Waals surface area contributed by atoms with E-state index in [4.69, 9.17) is 0 Å². The molecule has 0 aromatic carbocycles. The van der Waals surface area contributed by atoms with Crippen molar-refractivity contribution in [3.63, 3.8) is 0 Å². The molecule has 0 bridgehead atoms. The fourth-order valence-corrected chi connectivity index (χ4v) is 2.76. The van der Waals surface area contributed by atoms with Crippen molar-refractivity contribution in [3.8, 4) is 0 Å². The second-order valence-corrected chi connectivity index (χ2v) is 5.01. The first-order valence-electron chi connectivity index (χ1n) is 5.67. The maximum absolute atomic E-state index is 4.52. The van der Waals surface area contributed by atoms with Gasteiger partial charge < -0.3 is 0 Å². The van der Waals surface area contributed by atoms with Gasteiger partial charge >= 0.3 is 0 Å². The topological polar surface area (TPSA) is 17.8 Å². The molecular formula is C12H20N2. The molecule has 2 unspecified atom stereocenters. The highest BCUT2D eigenvalue weighted by molar-refractivity contribution is 4.96. The predicted molar refractivity (Wildman–Crippen MR) is 58.2 cm³/mol. The van der Waals surface area contributed by atoms with Crippen LogP contribution in [0.25, 0.3) is 0 Å². The van der Waals surface area contributed by atoms with Crippen molar-refractivity contribution in [1.82, 2.24) is 9.78 Å². The van der Waals surface area contributed by atoms with E-state index < -0.39 is 0 Å². The SMILES string of the molecule is Cc1ccn(C2CC(C)CC(C)C2)n1. The molecule has 1 aromatic heterocycles. The third kappa shape index (κ3) is 1.99. The summed E-state index contributed by atoms with van der Waals surface area (Å²) in [4.78, 5) is 0. The van der Waals surface area contributed by atoms with Crippen LogP contribution >= 0.6 is 0 Å². The zero-order valence-electron chi connectivity index (χ0n) is 9.40. The van der Waals surface area contributed by atoms with Gasteiger partial charge in [-0.25, -0.2) is 0 Å². The van der Waals surface area contributed by atoms with Gasteiger partial charge in [0.25, 0.3) is 0 Å². The van der Waals surface area contributed by atoms with Gasteiger partial charge in [0.1, 0.15) is 0 Å². The highest BCUT2D eigenvalue weighted by Crippen LogP contribution is 2.35. The number of hydrogen-bond acceptors (Lipinski definition) is 1. The van der Waals surface area contributed by atoms with Crippen LogP contribution in [-0.4, -0.2) is 9.78 Å². The Labute approximate surface area is 86.3 Å². The van der Waals surface area contributed by atoms with Crippen LogP contribution in [0, 0.1) is 18.8 Å². The molecule has 2 nitrogen and oxygen atoms in total. The molecule has 1 aliphatic carbocycles. The van der Waals surface area contributed by atoms with Crippen LogP contribution in [-0.2, 0) is 0 Å². The Bertz CT molecular complexity index is 293. The molecule has 2 atom stereocenters. The normalized spacial score (nSPS) is 33.2. The third-order valence-corrected chi connectivity index (χ3v) is 3.27. The first kappa shape index (κ1) is 9.75. The number of nitrogens with zero attached hydrogens (tertiary/aromatic N) is 2. The molecular weight excluding hydrogens is 172 g/mol. The Morgan fingerprint density at radius 1 is 1.21 bits per heavy atom. The molecule has 1 aromatic rings. The Hall–Kier alpha value is -0.790. The van der Waals surface area contributed by atoms with E-state index in [0.717, 1.165) is 17.5 Å². The van der Waals surface area contributed by atoms with Gasteiger partial charge in [-0.15, -0.1) is 0 Å². The van der Waals surface area contributed by atoms with Crippen LogP contribution in [0.5, 0.6) is 0 Å². The fraction of sp³-hybridized carbons (Fsp3) is 0.750. The second-order valence-electron chi connectivity index (χ2n) is 5.01. The van der Waals surface area contributed by atoms with Crippen LogP contribution < -0.4 is 0 Å². The molecule has 0 saturated heterocycles. The Morgan fingerprint density at radius 3 is 2.36 bits per heavy atom. The molecule has 1 aliphatic rings. The van der Waals surface area contributed by atoms with E-state index >= 15 is 0 Å². The van der Waals surface area contributed by atoms with Crippen LogP contribution in [0.15, 0.2) is 12.3 Å². The Kier molecular flexibility index (Phi) is 2.62. The lowest BCUT2D eigenvalue weighted by molar-refractivity contribution is 0.209. The van der Waals surface area contributed by atoms with Gasteiger partial charge in [0.2, 0.25) is 0 Å². The monoisotopic (exact) mass is 192 g/mol. The minimum Gasteiger partial charge on any atom is -0.269 e. The number of rotatable bonds is 1. The summed E-state index contributed by atoms with van der Waals surface area (Å²) in [6.45, 7) is 6.78. The van der Waals surface area contributed by atoms with Gasteiger partial charge in [-0.2, -0.15) is 5.10 Å². The minimum absolute atomic E-state index is 0.641. The van der Waals surface area contributed by atoms with Gasteiger partial charge in [-0.1, -0.05) is 13.8 Å². The van der Waals surface area contributed by atoms with Crippen LogP contribution in [0.3, 0.4) is 0 Å². The average Bonchev–Trinajstić information content (AvgIpc) is 2.50. The number of aromatic nitrogens is 2. The molecule has 1 heterocycles. The molecule has 14 heavy (non-hydrogen) atoms. The van der Waals surface area contributed by atoms with Crippen molar-refractivity contribution in [3.05, 3.63) is 18.0 Å². The lowest BCUT2D eigenvalue weighted by Gasteiger charge is -2.31. The summed E-state index contributed by atoms with van der Waals surface area (Å²) in [6.07, 6.45) is 6.11. The first-order valence-corrected chi connectivity index (χ1v) is 5.67. The average molecular weight is 192 g/mol.